The summed E-state index contributed by atoms with van der Waals surface area (Å²) in [5.41, 5.74) is 3.88. The van der Waals surface area contributed by atoms with Crippen molar-refractivity contribution in [2.75, 3.05) is 25.6 Å². The molecule has 3 heterocycles. The van der Waals surface area contributed by atoms with Crippen molar-refractivity contribution in [2.45, 2.75) is 6.42 Å². The first-order chi connectivity index (χ1) is 17.5. The number of carbonyl (C=O) groups is 3. The van der Waals surface area contributed by atoms with Gasteiger partial charge in [0.15, 0.2) is 0 Å². The third kappa shape index (κ3) is 4.66. The van der Waals surface area contributed by atoms with Crippen LogP contribution in [0.5, 0.6) is 0 Å². The number of hydrogen-bond acceptors (Lipinski definition) is 7. The van der Waals surface area contributed by atoms with Gasteiger partial charge in [0.2, 0.25) is 0 Å². The summed E-state index contributed by atoms with van der Waals surface area (Å²) in [7, 11) is 1.57. The smallest absolute Gasteiger partial charge is 0.261 e. The average Bonchev–Trinajstić information content (AvgIpc) is 3.49. The van der Waals surface area contributed by atoms with Crippen LogP contribution in [0.4, 0.5) is 5.69 Å². The van der Waals surface area contributed by atoms with Crippen LogP contribution in [0.15, 0.2) is 72.2 Å². The number of pyridine rings is 1. The minimum Gasteiger partial charge on any atom is -0.385 e. The molecule has 0 atom stereocenters. The predicted molar refractivity (Wildman–Crippen MR) is 137 cm³/mol. The Bertz CT molecular complexity index is 1450. The molecule has 2 aromatic carbocycles. The molecule has 0 aliphatic carbocycles. The number of nitrogens with one attached hydrogen (secondary N) is 1. The summed E-state index contributed by atoms with van der Waals surface area (Å²) in [6, 6.07) is 17.6. The number of carbonyl (C=O) groups excluding carboxylic acids is 3. The highest BCUT2D eigenvalue weighted by Crippen LogP contribution is 2.29. The molecule has 5 rings (SSSR count). The van der Waals surface area contributed by atoms with Gasteiger partial charge in [-0.05, 0) is 48.9 Å². The first-order valence-electron chi connectivity index (χ1n) is 11.3. The van der Waals surface area contributed by atoms with Gasteiger partial charge in [0, 0.05) is 48.7 Å². The summed E-state index contributed by atoms with van der Waals surface area (Å²) in [6.07, 6.45) is 2.28. The van der Waals surface area contributed by atoms with Crippen molar-refractivity contribution in [3.8, 4) is 22.0 Å². The number of amides is 3. The summed E-state index contributed by atoms with van der Waals surface area (Å²) >= 11 is 1.50. The molecule has 2 aromatic heterocycles. The number of aromatic nitrogens is 2. The number of thiazole rings is 1. The Kier molecular flexibility index (Phi) is 6.66. The van der Waals surface area contributed by atoms with Crippen molar-refractivity contribution in [3.63, 3.8) is 0 Å². The Balaban J connectivity index is 1.32. The van der Waals surface area contributed by atoms with Crippen molar-refractivity contribution in [2.24, 2.45) is 0 Å². The second kappa shape index (κ2) is 10.2. The topological polar surface area (TPSA) is 101 Å². The van der Waals surface area contributed by atoms with Crippen LogP contribution in [0.25, 0.3) is 22.0 Å². The van der Waals surface area contributed by atoms with E-state index in [-0.39, 0.29) is 23.9 Å². The molecule has 3 amide bonds. The molecule has 36 heavy (non-hydrogen) atoms. The minimum absolute atomic E-state index is 0.239. The number of fused-ring (bicyclic) bond motifs is 1. The SMILES string of the molecule is COCCCN1C(=O)c2ccc(C(=O)Nc3cccc(-c4csc(-c5ccccn5)n4)c3)cc2C1=O. The number of anilines is 1. The van der Waals surface area contributed by atoms with Crippen LogP contribution in [0.1, 0.15) is 37.5 Å². The first kappa shape index (κ1) is 23.5. The summed E-state index contributed by atoms with van der Waals surface area (Å²) in [5, 5.41) is 5.64. The van der Waals surface area contributed by atoms with Crippen LogP contribution in [-0.2, 0) is 4.74 Å². The zero-order chi connectivity index (χ0) is 25.1. The molecule has 0 saturated carbocycles. The Morgan fingerprint density at radius 3 is 2.67 bits per heavy atom. The minimum atomic E-state index is -0.394. The summed E-state index contributed by atoms with van der Waals surface area (Å²) in [6.45, 7) is 0.721. The quantitative estimate of drug-likeness (QED) is 0.278. The number of benzene rings is 2. The lowest BCUT2D eigenvalue weighted by molar-refractivity contribution is 0.0638. The second-order valence-corrected chi connectivity index (χ2v) is 9.01. The van der Waals surface area contributed by atoms with E-state index in [1.807, 2.05) is 41.8 Å². The van der Waals surface area contributed by atoms with Crippen molar-refractivity contribution in [1.29, 1.82) is 0 Å². The standard InChI is InChI=1S/C27H22N4O4S/c1-35-13-5-12-31-26(33)20-10-9-18(15-21(20)27(31)34)24(32)29-19-7-4-6-17(14-19)23-16-36-25(30-23)22-8-2-3-11-28-22/h2-4,6-11,14-16H,5,12-13H2,1H3,(H,29,32). The molecule has 1 N–H and O–H groups in total. The second-order valence-electron chi connectivity index (χ2n) is 8.16. The normalized spacial score (nSPS) is 12.6. The maximum Gasteiger partial charge on any atom is 0.261 e. The number of nitrogens with zero attached hydrogens (tertiary/aromatic N) is 3. The van der Waals surface area contributed by atoms with E-state index >= 15 is 0 Å². The molecule has 0 unspecified atom stereocenters. The summed E-state index contributed by atoms with van der Waals surface area (Å²) in [5.74, 6) is -1.12. The third-order valence-corrected chi connectivity index (χ3v) is 6.63. The van der Waals surface area contributed by atoms with Crippen LogP contribution in [0, 0.1) is 0 Å². The van der Waals surface area contributed by atoms with E-state index < -0.39 is 5.91 Å². The van der Waals surface area contributed by atoms with Gasteiger partial charge in [0.05, 0.1) is 22.5 Å². The highest BCUT2D eigenvalue weighted by Gasteiger charge is 2.35. The number of methoxy groups -OCH3 is 1. The fraction of sp³-hybridized carbons (Fsp3) is 0.148. The van der Waals surface area contributed by atoms with Crippen LogP contribution in [-0.4, -0.2) is 52.9 Å². The largest absolute Gasteiger partial charge is 0.385 e. The van der Waals surface area contributed by atoms with Crippen LogP contribution < -0.4 is 5.32 Å². The molecule has 0 saturated heterocycles. The lowest BCUT2D eigenvalue weighted by Gasteiger charge is -2.12. The van der Waals surface area contributed by atoms with Gasteiger partial charge in [-0.1, -0.05) is 18.2 Å². The number of rotatable bonds is 8. The molecule has 1 aliphatic rings. The molecule has 8 nitrogen and oxygen atoms in total. The van der Waals surface area contributed by atoms with Crippen molar-refractivity contribution in [3.05, 3.63) is 88.9 Å². The zero-order valence-corrected chi connectivity index (χ0v) is 20.2. The van der Waals surface area contributed by atoms with Gasteiger partial charge in [-0.25, -0.2) is 4.98 Å². The molecule has 4 aromatic rings. The lowest BCUT2D eigenvalue weighted by atomic mass is 10.1. The Labute approximate surface area is 211 Å². The monoisotopic (exact) mass is 498 g/mol. The molecule has 180 valence electrons. The first-order valence-corrected chi connectivity index (χ1v) is 12.2. The van der Waals surface area contributed by atoms with Gasteiger partial charge in [-0.15, -0.1) is 11.3 Å². The highest BCUT2D eigenvalue weighted by atomic mass is 32.1. The van der Waals surface area contributed by atoms with Gasteiger partial charge < -0.3 is 10.1 Å². The molecular weight excluding hydrogens is 476 g/mol. The van der Waals surface area contributed by atoms with E-state index in [0.29, 0.717) is 29.8 Å². The van der Waals surface area contributed by atoms with Crippen LogP contribution in [0.2, 0.25) is 0 Å². The van der Waals surface area contributed by atoms with Crippen LogP contribution in [0.3, 0.4) is 0 Å². The number of imide groups is 1. The molecule has 1 aliphatic heterocycles. The fourth-order valence-corrected chi connectivity index (χ4v) is 4.78. The lowest BCUT2D eigenvalue weighted by Crippen LogP contribution is -2.31. The van der Waals surface area contributed by atoms with E-state index in [4.69, 9.17) is 4.74 Å². The van der Waals surface area contributed by atoms with Crippen molar-refractivity contribution in [1.82, 2.24) is 14.9 Å². The third-order valence-electron chi connectivity index (χ3n) is 5.77. The highest BCUT2D eigenvalue weighted by molar-refractivity contribution is 7.13. The van der Waals surface area contributed by atoms with Crippen molar-refractivity contribution < 1.29 is 19.1 Å². The van der Waals surface area contributed by atoms with E-state index in [0.717, 1.165) is 22.0 Å². The van der Waals surface area contributed by atoms with E-state index in [2.05, 4.69) is 15.3 Å². The van der Waals surface area contributed by atoms with Gasteiger partial charge in [0.25, 0.3) is 17.7 Å². The number of ether oxygens (including phenoxy) is 1. The molecule has 0 spiro atoms. The van der Waals surface area contributed by atoms with E-state index in [1.165, 1.54) is 28.4 Å². The average molecular weight is 499 g/mol. The Morgan fingerprint density at radius 2 is 1.86 bits per heavy atom. The van der Waals surface area contributed by atoms with E-state index in [1.54, 1.807) is 25.4 Å². The molecular formula is C27H22N4O4S. The summed E-state index contributed by atoms with van der Waals surface area (Å²) in [4.78, 5) is 48.5. The maximum absolute atomic E-state index is 13.0. The maximum atomic E-state index is 13.0. The van der Waals surface area contributed by atoms with Gasteiger partial charge >= 0.3 is 0 Å². The summed E-state index contributed by atoms with van der Waals surface area (Å²) < 4.78 is 5.01. The number of hydrogen-bond donors (Lipinski definition) is 1. The van der Waals surface area contributed by atoms with Gasteiger partial charge in [0.1, 0.15) is 5.01 Å². The zero-order valence-electron chi connectivity index (χ0n) is 19.4. The fourth-order valence-electron chi connectivity index (χ4n) is 3.97. The molecule has 0 bridgehead atoms. The van der Waals surface area contributed by atoms with Crippen molar-refractivity contribution >= 4 is 34.7 Å². The molecule has 0 fully saturated rings. The van der Waals surface area contributed by atoms with Gasteiger partial charge in [-0.2, -0.15) is 0 Å². The van der Waals surface area contributed by atoms with E-state index in [9.17, 15) is 14.4 Å². The molecule has 9 heteroatoms. The predicted octanol–water partition coefficient (Wildman–Crippen LogP) is 4.76. The Morgan fingerprint density at radius 1 is 1.00 bits per heavy atom. The van der Waals surface area contributed by atoms with Crippen LogP contribution >= 0.6 is 11.3 Å². The van der Waals surface area contributed by atoms with Gasteiger partial charge in [-0.3, -0.25) is 24.3 Å². The Hall–Kier alpha value is -4.21. The molecule has 0 radical (unpaired) electrons.